The molecule has 156 valence electrons. The van der Waals surface area contributed by atoms with Crippen LogP contribution in [0.5, 0.6) is 5.75 Å². The first-order valence-electron chi connectivity index (χ1n) is 9.17. The van der Waals surface area contributed by atoms with Crippen LogP contribution in [0, 0.1) is 17.0 Å². The topological polar surface area (TPSA) is 112 Å². The Kier molecular flexibility index (Phi) is 5.46. The molecule has 2 aromatic carbocycles. The molecule has 1 N–H and O–H groups in total. The quantitative estimate of drug-likeness (QED) is 0.353. The summed E-state index contributed by atoms with van der Waals surface area (Å²) in [5.41, 5.74) is 2.65. The van der Waals surface area contributed by atoms with Crippen LogP contribution in [-0.2, 0) is 0 Å². The molecule has 1 amide bonds. The van der Waals surface area contributed by atoms with Crippen LogP contribution in [-0.4, -0.2) is 32.7 Å². The number of aromatic nitrogens is 3. The monoisotopic (exact) mass is 435 g/mol. The van der Waals surface area contributed by atoms with Gasteiger partial charge in [0, 0.05) is 34.7 Å². The Morgan fingerprint density at radius 1 is 1.16 bits per heavy atom. The van der Waals surface area contributed by atoms with Gasteiger partial charge in [-0.15, -0.1) is 11.3 Å². The van der Waals surface area contributed by atoms with Gasteiger partial charge in [-0.05, 0) is 43.3 Å². The van der Waals surface area contributed by atoms with E-state index < -0.39 is 10.8 Å². The fourth-order valence-corrected chi connectivity index (χ4v) is 3.71. The Labute approximate surface area is 181 Å². The van der Waals surface area contributed by atoms with Crippen molar-refractivity contribution < 1.29 is 14.5 Å². The molecule has 0 radical (unpaired) electrons. The van der Waals surface area contributed by atoms with Gasteiger partial charge in [0.05, 0.1) is 23.4 Å². The van der Waals surface area contributed by atoms with E-state index in [0.29, 0.717) is 22.2 Å². The van der Waals surface area contributed by atoms with Crippen LogP contribution < -0.4 is 10.1 Å². The largest absolute Gasteiger partial charge is 0.497 e. The normalized spacial score (nSPS) is 10.6. The third kappa shape index (κ3) is 4.28. The van der Waals surface area contributed by atoms with Crippen LogP contribution in [0.1, 0.15) is 16.1 Å². The highest BCUT2D eigenvalue weighted by Crippen LogP contribution is 2.28. The lowest BCUT2D eigenvalue weighted by Gasteiger charge is -2.06. The van der Waals surface area contributed by atoms with Gasteiger partial charge in [-0.25, -0.2) is 4.98 Å². The second-order valence-electron chi connectivity index (χ2n) is 6.58. The SMILES string of the molecule is COc1ccc(-c2csc(-n3nc(C)cc3NC(=O)c3ccc([N+](=O)[O-])cc3)n2)cc1. The zero-order chi connectivity index (χ0) is 22.0. The zero-order valence-corrected chi connectivity index (χ0v) is 17.4. The van der Waals surface area contributed by atoms with Gasteiger partial charge in [-0.3, -0.25) is 14.9 Å². The van der Waals surface area contributed by atoms with Gasteiger partial charge < -0.3 is 10.1 Å². The summed E-state index contributed by atoms with van der Waals surface area (Å²) in [4.78, 5) is 27.6. The first-order chi connectivity index (χ1) is 14.9. The molecular weight excluding hydrogens is 418 g/mol. The number of nitrogens with zero attached hydrogens (tertiary/aromatic N) is 4. The van der Waals surface area contributed by atoms with E-state index in [4.69, 9.17) is 4.74 Å². The van der Waals surface area contributed by atoms with E-state index in [2.05, 4.69) is 15.4 Å². The number of nitro groups is 1. The van der Waals surface area contributed by atoms with Gasteiger partial charge in [0.15, 0.2) is 0 Å². The maximum absolute atomic E-state index is 12.6. The van der Waals surface area contributed by atoms with Gasteiger partial charge >= 0.3 is 0 Å². The molecule has 0 spiro atoms. The first kappa shape index (κ1) is 20.2. The predicted molar refractivity (Wildman–Crippen MR) is 117 cm³/mol. The van der Waals surface area contributed by atoms with E-state index in [-0.39, 0.29) is 5.69 Å². The van der Waals surface area contributed by atoms with Crippen molar-refractivity contribution in [1.29, 1.82) is 0 Å². The van der Waals surface area contributed by atoms with E-state index in [0.717, 1.165) is 17.0 Å². The summed E-state index contributed by atoms with van der Waals surface area (Å²) in [7, 11) is 1.61. The first-order valence-corrected chi connectivity index (χ1v) is 10.1. The van der Waals surface area contributed by atoms with Crippen LogP contribution in [0.2, 0.25) is 0 Å². The number of carbonyl (C=O) groups is 1. The molecule has 4 rings (SSSR count). The standard InChI is InChI=1S/C21H17N5O4S/c1-13-11-19(23-20(27)15-3-7-16(8-4-15)26(28)29)25(24-13)21-22-18(12-31-21)14-5-9-17(30-2)10-6-14/h3-12H,1-2H3,(H,23,27). The van der Waals surface area contributed by atoms with Crippen LogP contribution in [0.4, 0.5) is 11.5 Å². The van der Waals surface area contributed by atoms with E-state index in [1.54, 1.807) is 17.9 Å². The minimum atomic E-state index is -0.511. The van der Waals surface area contributed by atoms with Crippen LogP contribution in [0.25, 0.3) is 16.4 Å². The molecule has 0 saturated heterocycles. The van der Waals surface area contributed by atoms with Crippen LogP contribution in [0.15, 0.2) is 60.0 Å². The van der Waals surface area contributed by atoms with Gasteiger partial charge in [-0.1, -0.05) is 0 Å². The molecule has 2 heterocycles. The fraction of sp³-hybridized carbons (Fsp3) is 0.0952. The molecule has 0 bridgehead atoms. The third-order valence-electron chi connectivity index (χ3n) is 4.47. The fourth-order valence-electron chi connectivity index (χ4n) is 2.91. The Bertz CT molecular complexity index is 1250. The molecule has 0 aliphatic heterocycles. The Hall–Kier alpha value is -4.05. The molecule has 0 aliphatic carbocycles. The third-order valence-corrected chi connectivity index (χ3v) is 5.29. The van der Waals surface area contributed by atoms with Crippen molar-refractivity contribution in [3.05, 3.63) is 81.3 Å². The van der Waals surface area contributed by atoms with Crippen molar-refractivity contribution in [2.45, 2.75) is 6.92 Å². The Balaban J connectivity index is 1.58. The highest BCUT2D eigenvalue weighted by molar-refractivity contribution is 7.12. The number of non-ortho nitro benzene ring substituents is 1. The van der Waals surface area contributed by atoms with E-state index >= 15 is 0 Å². The number of amides is 1. The highest BCUT2D eigenvalue weighted by atomic mass is 32.1. The lowest BCUT2D eigenvalue weighted by Crippen LogP contribution is -2.15. The maximum Gasteiger partial charge on any atom is 0.269 e. The summed E-state index contributed by atoms with van der Waals surface area (Å²) in [5, 5.41) is 20.5. The summed E-state index contributed by atoms with van der Waals surface area (Å²) in [5.74, 6) is 0.817. The van der Waals surface area contributed by atoms with Gasteiger partial charge in [0.2, 0.25) is 5.13 Å². The number of aryl methyl sites for hydroxylation is 1. The van der Waals surface area contributed by atoms with Crippen molar-refractivity contribution in [1.82, 2.24) is 14.8 Å². The van der Waals surface area contributed by atoms with Crippen LogP contribution in [0.3, 0.4) is 0 Å². The van der Waals surface area contributed by atoms with Crippen molar-refractivity contribution in [3.8, 4) is 22.1 Å². The number of methoxy groups -OCH3 is 1. The number of hydrogen-bond donors (Lipinski definition) is 1. The van der Waals surface area contributed by atoms with Crippen molar-refractivity contribution >= 4 is 28.7 Å². The number of anilines is 1. The summed E-state index contributed by atoms with van der Waals surface area (Å²) < 4.78 is 6.75. The zero-order valence-electron chi connectivity index (χ0n) is 16.6. The minimum absolute atomic E-state index is 0.0775. The lowest BCUT2D eigenvalue weighted by molar-refractivity contribution is -0.384. The van der Waals surface area contributed by atoms with Crippen molar-refractivity contribution in [3.63, 3.8) is 0 Å². The highest BCUT2D eigenvalue weighted by Gasteiger charge is 2.16. The number of thiazole rings is 1. The average Bonchev–Trinajstić information content (AvgIpc) is 3.40. The molecule has 10 heteroatoms. The molecule has 0 unspecified atom stereocenters. The molecular formula is C21H17N5O4S. The van der Waals surface area contributed by atoms with Crippen LogP contribution >= 0.6 is 11.3 Å². The van der Waals surface area contributed by atoms with E-state index in [9.17, 15) is 14.9 Å². The maximum atomic E-state index is 12.6. The molecule has 2 aromatic heterocycles. The summed E-state index contributed by atoms with van der Waals surface area (Å²) in [6.45, 7) is 1.82. The second-order valence-corrected chi connectivity index (χ2v) is 7.42. The molecule has 0 saturated carbocycles. The van der Waals surface area contributed by atoms with E-state index in [1.165, 1.54) is 35.6 Å². The summed E-state index contributed by atoms with van der Waals surface area (Å²) >= 11 is 1.39. The number of benzene rings is 2. The molecule has 0 aliphatic rings. The van der Waals surface area contributed by atoms with Gasteiger partial charge in [0.1, 0.15) is 11.6 Å². The number of hydrogen-bond acceptors (Lipinski definition) is 7. The summed E-state index contributed by atoms with van der Waals surface area (Å²) in [6.07, 6.45) is 0. The van der Waals surface area contributed by atoms with Crippen molar-refractivity contribution in [2.24, 2.45) is 0 Å². The molecule has 9 nitrogen and oxygen atoms in total. The molecule has 0 atom stereocenters. The smallest absolute Gasteiger partial charge is 0.269 e. The van der Waals surface area contributed by atoms with E-state index in [1.807, 2.05) is 36.6 Å². The van der Waals surface area contributed by atoms with Crippen molar-refractivity contribution in [2.75, 3.05) is 12.4 Å². The van der Waals surface area contributed by atoms with Gasteiger partial charge in [0.25, 0.3) is 11.6 Å². The Morgan fingerprint density at radius 3 is 2.52 bits per heavy atom. The molecule has 4 aromatic rings. The molecule has 31 heavy (non-hydrogen) atoms. The molecule has 0 fully saturated rings. The number of nitro benzene ring substituents is 1. The second kappa shape index (κ2) is 8.36. The summed E-state index contributed by atoms with van der Waals surface area (Å²) in [6, 6.07) is 14.7. The lowest BCUT2D eigenvalue weighted by atomic mass is 10.2. The Morgan fingerprint density at radius 2 is 1.87 bits per heavy atom. The number of rotatable bonds is 6. The van der Waals surface area contributed by atoms with Gasteiger partial charge in [-0.2, -0.15) is 9.78 Å². The number of ether oxygens (including phenoxy) is 1. The minimum Gasteiger partial charge on any atom is -0.497 e. The average molecular weight is 435 g/mol. The predicted octanol–water partition coefficient (Wildman–Crippen LogP) is 4.47. The number of nitrogens with one attached hydrogen (secondary N) is 1. The number of carbonyl (C=O) groups excluding carboxylic acids is 1.